The number of esters is 2. The molecule has 3 unspecified atom stereocenters. The summed E-state index contributed by atoms with van der Waals surface area (Å²) in [6.45, 7) is 10.7. The molecule has 0 saturated heterocycles. The summed E-state index contributed by atoms with van der Waals surface area (Å²) < 4.78 is 38.4. The Morgan fingerprint density at radius 3 is 2.54 bits per heavy atom. The summed E-state index contributed by atoms with van der Waals surface area (Å²) in [5, 5.41) is 2.79. The average molecular weight is 569 g/mol. The van der Waals surface area contributed by atoms with E-state index in [0.29, 0.717) is 17.7 Å². The number of anilines is 1. The molecule has 3 N–H and O–H groups in total. The van der Waals surface area contributed by atoms with Gasteiger partial charge in [0, 0.05) is 0 Å². The lowest BCUT2D eigenvalue weighted by Gasteiger charge is -2.31. The van der Waals surface area contributed by atoms with E-state index in [9.17, 15) is 14.2 Å². The van der Waals surface area contributed by atoms with Gasteiger partial charge in [0.15, 0.2) is 17.6 Å². The molecular formula is C25H41N6O7P. The second-order valence-corrected chi connectivity index (χ2v) is 13.0. The van der Waals surface area contributed by atoms with Gasteiger partial charge in [-0.1, -0.05) is 13.8 Å². The van der Waals surface area contributed by atoms with Crippen molar-refractivity contribution in [2.24, 2.45) is 5.92 Å². The molecule has 1 aliphatic carbocycles. The average Bonchev–Trinajstić information content (AvgIpc) is 3.51. The molecule has 3 rings (SSSR count). The monoisotopic (exact) mass is 568 g/mol. The van der Waals surface area contributed by atoms with Crippen LogP contribution < -0.4 is 10.8 Å². The number of rotatable bonds is 14. The smallest absolute Gasteiger partial charge is 0.335 e. The van der Waals surface area contributed by atoms with Crippen LogP contribution in [0.4, 0.5) is 5.82 Å². The van der Waals surface area contributed by atoms with Gasteiger partial charge in [0.25, 0.3) is 7.52 Å². The zero-order valence-corrected chi connectivity index (χ0v) is 24.5. The van der Waals surface area contributed by atoms with Gasteiger partial charge < -0.3 is 29.0 Å². The second-order valence-electron chi connectivity index (χ2n) is 10.9. The molecule has 0 spiro atoms. The Labute approximate surface area is 229 Å². The van der Waals surface area contributed by atoms with E-state index in [4.69, 9.17) is 24.5 Å². The summed E-state index contributed by atoms with van der Waals surface area (Å²) in [5.41, 5.74) is 5.48. The Hall–Kier alpha value is -2.60. The molecule has 3 atom stereocenters. The quantitative estimate of drug-likeness (QED) is 0.252. The highest BCUT2D eigenvalue weighted by Crippen LogP contribution is 2.46. The lowest BCUT2D eigenvalue weighted by atomic mass is 10.1. The van der Waals surface area contributed by atoms with Crippen molar-refractivity contribution in [1.29, 1.82) is 0 Å². The molecule has 13 nitrogen and oxygen atoms in total. The molecule has 39 heavy (non-hydrogen) atoms. The summed E-state index contributed by atoms with van der Waals surface area (Å²) >= 11 is 0. The van der Waals surface area contributed by atoms with Crippen molar-refractivity contribution < 1.29 is 32.9 Å². The van der Waals surface area contributed by atoms with Gasteiger partial charge in [-0.3, -0.25) is 9.36 Å². The van der Waals surface area contributed by atoms with Gasteiger partial charge in [0.2, 0.25) is 0 Å². The van der Waals surface area contributed by atoms with Gasteiger partial charge in [-0.25, -0.2) is 24.8 Å². The Morgan fingerprint density at radius 1 is 1.18 bits per heavy atom. The number of imidazole rings is 1. The molecule has 0 aliphatic heterocycles. The molecular weight excluding hydrogens is 527 g/mol. The number of carbonyl (C=O) groups is 2. The summed E-state index contributed by atoms with van der Waals surface area (Å²) in [7, 11) is -3.94. The maximum atomic E-state index is 14.1. The van der Waals surface area contributed by atoms with E-state index in [0.717, 1.165) is 25.7 Å². The van der Waals surface area contributed by atoms with Crippen LogP contribution in [0.1, 0.15) is 67.2 Å². The topological polar surface area (TPSA) is 170 Å². The highest BCUT2D eigenvalue weighted by Gasteiger charge is 2.41. The number of nitrogens with one attached hydrogen (secondary N) is 1. The zero-order valence-electron chi connectivity index (χ0n) is 23.6. The van der Waals surface area contributed by atoms with Crippen LogP contribution in [0.5, 0.6) is 0 Å². The first kappa shape index (κ1) is 30.9. The number of hydrogen-bond acceptors (Lipinski definition) is 11. The fourth-order valence-corrected chi connectivity index (χ4v) is 6.30. The molecule has 0 bridgehead atoms. The van der Waals surface area contributed by atoms with Crippen LogP contribution in [0.2, 0.25) is 0 Å². The maximum Gasteiger partial charge on any atom is 0.335 e. The molecule has 1 aliphatic rings. The number of aromatic nitrogens is 4. The van der Waals surface area contributed by atoms with E-state index in [2.05, 4.69) is 20.0 Å². The van der Waals surface area contributed by atoms with E-state index in [-0.39, 0.29) is 24.4 Å². The molecule has 1 fully saturated rings. The van der Waals surface area contributed by atoms with Crippen LogP contribution in [0.3, 0.4) is 0 Å². The van der Waals surface area contributed by atoms with Crippen LogP contribution in [0.15, 0.2) is 12.7 Å². The van der Waals surface area contributed by atoms with E-state index in [1.807, 2.05) is 13.8 Å². The van der Waals surface area contributed by atoms with Crippen molar-refractivity contribution >= 4 is 36.4 Å². The lowest BCUT2D eigenvalue weighted by molar-refractivity contribution is -0.156. The van der Waals surface area contributed by atoms with Crippen molar-refractivity contribution in [3.8, 4) is 0 Å². The number of nitrogens with two attached hydrogens (primary N) is 1. The predicted octanol–water partition coefficient (Wildman–Crippen LogP) is 3.42. The number of fused-ring (bicyclic) bond motifs is 1. The molecule has 0 radical (unpaired) electrons. The summed E-state index contributed by atoms with van der Waals surface area (Å²) in [5.74, 6) is -0.822. The Balaban J connectivity index is 1.71. The number of ether oxygens (including phenoxy) is 3. The van der Waals surface area contributed by atoms with Gasteiger partial charge in [-0.2, -0.15) is 0 Å². The van der Waals surface area contributed by atoms with Gasteiger partial charge in [0.05, 0.1) is 25.6 Å². The van der Waals surface area contributed by atoms with Crippen LogP contribution >= 0.6 is 7.52 Å². The molecule has 0 amide bonds. The minimum absolute atomic E-state index is 0.127. The first-order valence-corrected chi connectivity index (χ1v) is 15.1. The third kappa shape index (κ3) is 8.69. The van der Waals surface area contributed by atoms with Crippen molar-refractivity contribution in [2.75, 3.05) is 18.7 Å². The predicted molar refractivity (Wildman–Crippen MR) is 145 cm³/mol. The SMILES string of the molecule is CC(C)COC(=O)C(C)(C)NP(=O)(COC(C)Cn1cnc2c(N)ncnc21)OC(C)C(=O)OC1CCCC1. The molecule has 218 valence electrons. The lowest BCUT2D eigenvalue weighted by Crippen LogP contribution is -2.47. The maximum absolute atomic E-state index is 14.1. The minimum Gasteiger partial charge on any atom is -0.464 e. The molecule has 2 heterocycles. The standard InChI is InChI=1S/C25H41N6O7P/c1-16(2)12-35-24(33)25(5,6)30-39(34,38-18(4)23(32)37-19-9-7-8-10-19)15-36-17(3)11-31-14-29-20-21(26)27-13-28-22(20)31/h13-14,16-19H,7-12,15H2,1-6H3,(H,30,34)(H2,26,27,28). The summed E-state index contributed by atoms with van der Waals surface area (Å²) in [4.78, 5) is 37.9. The van der Waals surface area contributed by atoms with Crippen LogP contribution in [0.25, 0.3) is 11.2 Å². The summed E-state index contributed by atoms with van der Waals surface area (Å²) in [6, 6.07) is 0. The number of nitrogens with zero attached hydrogens (tertiary/aromatic N) is 4. The Bertz CT molecular complexity index is 1180. The van der Waals surface area contributed by atoms with Crippen molar-refractivity contribution in [2.45, 2.75) is 97.6 Å². The highest BCUT2D eigenvalue weighted by atomic mass is 31.2. The van der Waals surface area contributed by atoms with E-state index in [1.54, 1.807) is 31.7 Å². The first-order chi connectivity index (χ1) is 18.3. The van der Waals surface area contributed by atoms with Gasteiger partial charge in [0.1, 0.15) is 29.8 Å². The van der Waals surface area contributed by atoms with Gasteiger partial charge >= 0.3 is 11.9 Å². The molecule has 2 aromatic rings. The van der Waals surface area contributed by atoms with Crippen molar-refractivity contribution in [3.05, 3.63) is 12.7 Å². The van der Waals surface area contributed by atoms with Crippen molar-refractivity contribution in [3.63, 3.8) is 0 Å². The number of hydrogen-bond donors (Lipinski definition) is 2. The van der Waals surface area contributed by atoms with Gasteiger partial charge in [-0.15, -0.1) is 0 Å². The van der Waals surface area contributed by atoms with E-state index >= 15 is 0 Å². The van der Waals surface area contributed by atoms with Crippen LogP contribution in [0, 0.1) is 5.92 Å². The normalized spacial score (nSPS) is 17.7. The Kier molecular flexibility index (Phi) is 10.4. The van der Waals surface area contributed by atoms with E-state index < -0.39 is 43.6 Å². The van der Waals surface area contributed by atoms with Crippen LogP contribution in [-0.4, -0.2) is 68.3 Å². The van der Waals surface area contributed by atoms with Gasteiger partial charge in [-0.05, 0) is 59.3 Å². The zero-order chi connectivity index (χ0) is 28.8. The molecule has 1 saturated carbocycles. The Morgan fingerprint density at radius 2 is 1.87 bits per heavy atom. The minimum atomic E-state index is -3.94. The highest BCUT2D eigenvalue weighted by molar-refractivity contribution is 7.56. The number of carbonyl (C=O) groups excluding carboxylic acids is 2. The fraction of sp³-hybridized carbons (Fsp3) is 0.720. The largest absolute Gasteiger partial charge is 0.464 e. The molecule has 14 heteroatoms. The molecule has 0 aromatic carbocycles. The molecule has 2 aromatic heterocycles. The van der Waals surface area contributed by atoms with E-state index in [1.165, 1.54) is 13.3 Å². The second kappa shape index (κ2) is 13.2. The third-order valence-corrected chi connectivity index (χ3v) is 8.21. The fourth-order valence-electron chi connectivity index (χ4n) is 4.14. The number of nitrogen functional groups attached to an aromatic ring is 1. The van der Waals surface area contributed by atoms with Crippen LogP contribution in [-0.2, 0) is 39.4 Å². The summed E-state index contributed by atoms with van der Waals surface area (Å²) in [6.07, 6.45) is 4.28. The van der Waals surface area contributed by atoms with Crippen molar-refractivity contribution in [1.82, 2.24) is 24.6 Å². The first-order valence-electron chi connectivity index (χ1n) is 13.3. The third-order valence-electron chi connectivity index (χ3n) is 6.17.